The zero-order valence-electron chi connectivity index (χ0n) is 13.4. The van der Waals surface area contributed by atoms with Gasteiger partial charge < -0.3 is 10.2 Å². The van der Waals surface area contributed by atoms with Crippen LogP contribution in [0.3, 0.4) is 0 Å². The highest BCUT2D eigenvalue weighted by Gasteiger charge is 2.27. The largest absolute Gasteiger partial charge is 0.340 e. The molecule has 1 aromatic rings. The Morgan fingerprint density at radius 2 is 2.00 bits per heavy atom. The molecular formula is C17H23Cl2N3O. The van der Waals surface area contributed by atoms with E-state index in [-0.39, 0.29) is 11.9 Å². The summed E-state index contributed by atoms with van der Waals surface area (Å²) in [5.41, 5.74) is 2.40. The third-order valence-corrected chi connectivity index (χ3v) is 5.48. The van der Waals surface area contributed by atoms with Crippen LogP contribution in [0.15, 0.2) is 12.1 Å². The smallest absolute Gasteiger partial charge is 0.223 e. The molecule has 2 heterocycles. The highest BCUT2D eigenvalue weighted by atomic mass is 35.5. The van der Waals surface area contributed by atoms with E-state index in [1.54, 1.807) is 0 Å². The summed E-state index contributed by atoms with van der Waals surface area (Å²) in [7, 11) is 0. The van der Waals surface area contributed by atoms with Crippen LogP contribution in [0.5, 0.6) is 0 Å². The number of rotatable bonds is 3. The lowest BCUT2D eigenvalue weighted by atomic mass is 9.93. The molecule has 1 atom stereocenters. The van der Waals surface area contributed by atoms with E-state index in [4.69, 9.17) is 23.2 Å². The average Bonchev–Trinajstić information content (AvgIpc) is 2.55. The van der Waals surface area contributed by atoms with Crippen LogP contribution in [0.25, 0.3) is 0 Å². The van der Waals surface area contributed by atoms with Crippen molar-refractivity contribution >= 4 is 29.1 Å². The van der Waals surface area contributed by atoms with Crippen molar-refractivity contribution < 1.29 is 4.79 Å². The molecule has 0 aliphatic carbocycles. The Bertz CT molecular complexity index is 587. The summed E-state index contributed by atoms with van der Waals surface area (Å²) in [5, 5.41) is 4.71. The Morgan fingerprint density at radius 1 is 1.26 bits per heavy atom. The number of fused-ring (bicyclic) bond motifs is 1. The molecule has 0 bridgehead atoms. The molecule has 1 fully saturated rings. The lowest BCUT2D eigenvalue weighted by molar-refractivity contribution is -0.132. The number of nitrogens with one attached hydrogen (secondary N) is 1. The van der Waals surface area contributed by atoms with Gasteiger partial charge >= 0.3 is 0 Å². The van der Waals surface area contributed by atoms with Gasteiger partial charge in [0.05, 0.1) is 0 Å². The maximum absolute atomic E-state index is 12.3. The first kappa shape index (κ1) is 17.0. The van der Waals surface area contributed by atoms with E-state index < -0.39 is 0 Å². The number of hydrogen-bond acceptors (Lipinski definition) is 3. The molecule has 2 aliphatic rings. The molecule has 0 aromatic heterocycles. The molecule has 1 N–H and O–H groups in total. The Kier molecular flexibility index (Phi) is 5.47. The number of carbonyl (C=O) groups is 1. The van der Waals surface area contributed by atoms with Crippen molar-refractivity contribution in [3.05, 3.63) is 33.3 Å². The number of piperazine rings is 1. The van der Waals surface area contributed by atoms with Crippen LogP contribution in [0.1, 0.15) is 30.5 Å². The van der Waals surface area contributed by atoms with Crippen molar-refractivity contribution in [1.82, 2.24) is 15.1 Å². The first-order valence-electron chi connectivity index (χ1n) is 8.26. The van der Waals surface area contributed by atoms with E-state index in [9.17, 15) is 4.79 Å². The molecule has 1 unspecified atom stereocenters. The maximum Gasteiger partial charge on any atom is 0.223 e. The monoisotopic (exact) mass is 355 g/mol. The molecular weight excluding hydrogens is 333 g/mol. The third kappa shape index (κ3) is 3.82. The van der Waals surface area contributed by atoms with E-state index >= 15 is 0 Å². The topological polar surface area (TPSA) is 35.6 Å². The summed E-state index contributed by atoms with van der Waals surface area (Å²) in [5.74, 6) is 0.258. The second-order valence-electron chi connectivity index (χ2n) is 6.30. The minimum atomic E-state index is 0.241. The molecule has 126 valence electrons. The molecule has 1 amide bonds. The average molecular weight is 356 g/mol. The van der Waals surface area contributed by atoms with Crippen LogP contribution in [0, 0.1) is 0 Å². The summed E-state index contributed by atoms with van der Waals surface area (Å²) in [6, 6.07) is 4.07. The van der Waals surface area contributed by atoms with Crippen molar-refractivity contribution in [3.8, 4) is 0 Å². The minimum Gasteiger partial charge on any atom is -0.340 e. The Labute approximate surface area is 147 Å². The van der Waals surface area contributed by atoms with Crippen LogP contribution in [0.4, 0.5) is 0 Å². The number of carbonyl (C=O) groups excluding carboxylic acids is 1. The van der Waals surface area contributed by atoms with Crippen LogP contribution >= 0.6 is 23.2 Å². The highest BCUT2D eigenvalue weighted by molar-refractivity contribution is 6.35. The summed E-state index contributed by atoms with van der Waals surface area (Å²) in [4.78, 5) is 16.7. The molecule has 23 heavy (non-hydrogen) atoms. The van der Waals surface area contributed by atoms with Gasteiger partial charge in [0.2, 0.25) is 5.91 Å². The lowest BCUT2D eigenvalue weighted by Crippen LogP contribution is -2.47. The van der Waals surface area contributed by atoms with Gasteiger partial charge in [-0.3, -0.25) is 9.69 Å². The Hall–Kier alpha value is -0.810. The second-order valence-corrected chi connectivity index (χ2v) is 7.14. The van der Waals surface area contributed by atoms with Crippen molar-refractivity contribution in [3.63, 3.8) is 0 Å². The lowest BCUT2D eigenvalue weighted by Gasteiger charge is -2.36. The van der Waals surface area contributed by atoms with Gasteiger partial charge in [0.15, 0.2) is 0 Å². The van der Waals surface area contributed by atoms with Gasteiger partial charge in [-0.2, -0.15) is 0 Å². The molecule has 0 saturated carbocycles. The van der Waals surface area contributed by atoms with Crippen molar-refractivity contribution in [2.45, 2.75) is 25.8 Å². The molecule has 0 radical (unpaired) electrons. The summed E-state index contributed by atoms with van der Waals surface area (Å²) < 4.78 is 0. The van der Waals surface area contributed by atoms with Gasteiger partial charge in [-0.1, -0.05) is 23.2 Å². The number of nitrogens with zero attached hydrogens (tertiary/aromatic N) is 2. The van der Waals surface area contributed by atoms with Gasteiger partial charge in [-0.15, -0.1) is 0 Å². The summed E-state index contributed by atoms with van der Waals surface area (Å²) in [6.07, 6.45) is 1.49. The van der Waals surface area contributed by atoms with Gasteiger partial charge in [0, 0.05) is 61.8 Å². The molecule has 1 saturated heterocycles. The fourth-order valence-corrected chi connectivity index (χ4v) is 4.13. The zero-order chi connectivity index (χ0) is 16.4. The van der Waals surface area contributed by atoms with E-state index in [2.05, 4.69) is 17.1 Å². The SMILES string of the molecule is CC1c2cc(Cl)cc(Cl)c2CCN1CCC(=O)N1CCNCC1. The summed E-state index contributed by atoms with van der Waals surface area (Å²) in [6.45, 7) is 7.33. The quantitative estimate of drug-likeness (QED) is 0.905. The van der Waals surface area contributed by atoms with E-state index in [0.29, 0.717) is 11.4 Å². The fraction of sp³-hybridized carbons (Fsp3) is 0.588. The normalized spacial score (nSPS) is 22.0. The van der Waals surface area contributed by atoms with E-state index in [0.717, 1.165) is 50.7 Å². The third-order valence-electron chi connectivity index (χ3n) is 4.92. The predicted molar refractivity (Wildman–Crippen MR) is 94.2 cm³/mol. The van der Waals surface area contributed by atoms with Gasteiger partial charge in [0.25, 0.3) is 0 Å². The minimum absolute atomic E-state index is 0.241. The van der Waals surface area contributed by atoms with Gasteiger partial charge in [-0.25, -0.2) is 0 Å². The van der Waals surface area contributed by atoms with Crippen molar-refractivity contribution in [2.75, 3.05) is 39.3 Å². The van der Waals surface area contributed by atoms with Crippen molar-refractivity contribution in [1.29, 1.82) is 0 Å². The fourth-order valence-electron chi connectivity index (χ4n) is 3.52. The van der Waals surface area contributed by atoms with Gasteiger partial charge in [-0.05, 0) is 36.6 Å². The molecule has 4 nitrogen and oxygen atoms in total. The summed E-state index contributed by atoms with van der Waals surface area (Å²) >= 11 is 12.5. The van der Waals surface area contributed by atoms with Crippen LogP contribution in [0.2, 0.25) is 10.0 Å². The zero-order valence-corrected chi connectivity index (χ0v) is 15.0. The molecule has 3 rings (SSSR count). The van der Waals surface area contributed by atoms with Crippen LogP contribution < -0.4 is 5.32 Å². The maximum atomic E-state index is 12.3. The van der Waals surface area contributed by atoms with Crippen LogP contribution in [-0.4, -0.2) is 55.0 Å². The number of halogens is 2. The highest BCUT2D eigenvalue weighted by Crippen LogP contribution is 2.35. The Morgan fingerprint density at radius 3 is 2.74 bits per heavy atom. The predicted octanol–water partition coefficient (Wildman–Crippen LogP) is 2.73. The molecule has 6 heteroatoms. The first-order valence-corrected chi connectivity index (χ1v) is 9.02. The number of hydrogen-bond donors (Lipinski definition) is 1. The number of amides is 1. The first-order chi connectivity index (χ1) is 11.1. The molecule has 2 aliphatic heterocycles. The second kappa shape index (κ2) is 7.39. The van der Waals surface area contributed by atoms with Crippen LogP contribution in [-0.2, 0) is 11.2 Å². The van der Waals surface area contributed by atoms with Crippen molar-refractivity contribution in [2.24, 2.45) is 0 Å². The van der Waals surface area contributed by atoms with E-state index in [1.807, 2.05) is 17.0 Å². The van der Waals surface area contributed by atoms with E-state index in [1.165, 1.54) is 11.1 Å². The van der Waals surface area contributed by atoms with Gasteiger partial charge in [0.1, 0.15) is 0 Å². The standard InChI is InChI=1S/C17H23Cl2N3O/c1-12-15-10-13(18)11-16(19)14(15)2-6-21(12)7-3-17(23)22-8-4-20-5-9-22/h10-12,20H,2-9H2,1H3. The number of benzene rings is 1. The molecule has 0 spiro atoms. The Balaban J connectivity index is 1.62. The molecule has 1 aromatic carbocycles.